The zero-order chi connectivity index (χ0) is 28.6. The van der Waals surface area contributed by atoms with E-state index in [1.54, 1.807) is 18.2 Å². The van der Waals surface area contributed by atoms with E-state index in [0.29, 0.717) is 34.4 Å². The molecule has 2 aliphatic rings. The summed E-state index contributed by atoms with van der Waals surface area (Å²) in [6.45, 7) is -0.274. The number of imidazole rings is 1. The number of phosphoric acid groups is 1. The van der Waals surface area contributed by atoms with Gasteiger partial charge in [0.2, 0.25) is 0 Å². The molecule has 0 saturated heterocycles. The summed E-state index contributed by atoms with van der Waals surface area (Å²) in [6, 6.07) is 6.95. The first kappa shape index (κ1) is 26.8. The Morgan fingerprint density at radius 1 is 1.20 bits per heavy atom. The van der Waals surface area contributed by atoms with Crippen molar-refractivity contribution < 1.29 is 41.5 Å². The van der Waals surface area contributed by atoms with Crippen molar-refractivity contribution in [3.05, 3.63) is 71.3 Å². The van der Waals surface area contributed by atoms with Gasteiger partial charge in [0.15, 0.2) is 22.8 Å². The van der Waals surface area contributed by atoms with Crippen LogP contribution in [0.3, 0.4) is 0 Å². The number of fused-ring (bicyclic) bond motifs is 9. The minimum Gasteiger partial charge on any atom is -0.471 e. The van der Waals surface area contributed by atoms with E-state index in [4.69, 9.17) is 26.2 Å². The highest BCUT2D eigenvalue weighted by Crippen LogP contribution is 2.50. The Hall–Kier alpha value is -3.42. The number of aromatic nitrogens is 4. The van der Waals surface area contributed by atoms with Gasteiger partial charge in [-0.25, -0.2) is 23.9 Å². The Kier molecular flexibility index (Phi) is 6.24. The van der Waals surface area contributed by atoms with E-state index in [2.05, 4.69) is 15.0 Å². The van der Waals surface area contributed by atoms with Crippen molar-refractivity contribution in [3.63, 3.8) is 0 Å². The highest BCUT2D eigenvalue weighted by Gasteiger charge is 2.43. The van der Waals surface area contributed by atoms with Gasteiger partial charge in [-0.3, -0.25) is 4.52 Å². The third-order valence-corrected chi connectivity index (χ3v) is 7.79. The number of halogens is 3. The largest absolute Gasteiger partial charge is 0.471 e. The van der Waals surface area contributed by atoms with Gasteiger partial charge in [-0.05, 0) is 44.3 Å². The van der Waals surface area contributed by atoms with Crippen LogP contribution in [0.15, 0.2) is 42.7 Å². The predicted octanol–water partition coefficient (Wildman–Crippen LogP) is 5.32. The molecule has 6 rings (SSSR count). The summed E-state index contributed by atoms with van der Waals surface area (Å²) in [7, 11) is -4.83. The van der Waals surface area contributed by atoms with Gasteiger partial charge in [0, 0.05) is 47.1 Å². The molecule has 2 aromatic carbocycles. The standard InChI is InChI=1S/C25H20F3N4O6PS/c1-25(2,38-39(33,34)35)23-29-9-11(10-30-23)13-6-16-15(7-14(13)26)31-21-19-8-17(32(16)21)20-12(22(40)36-19)4-3-5-18(20)37-24(27)28/h3-7,9-10,17,19,24H,8H2,1-2H3,(H2,33,34,35)/t17-,19+/m1/s1. The van der Waals surface area contributed by atoms with E-state index >= 15 is 4.39 Å². The number of ether oxygens (including phenoxy) is 2. The second kappa shape index (κ2) is 9.32. The molecule has 208 valence electrons. The number of alkyl halides is 2. The number of hydrogen-bond acceptors (Lipinski definition) is 8. The molecule has 2 aromatic heterocycles. The molecule has 4 heterocycles. The summed E-state index contributed by atoms with van der Waals surface area (Å²) < 4.78 is 70.6. The molecule has 0 aliphatic carbocycles. The van der Waals surface area contributed by atoms with Crippen LogP contribution in [0.2, 0.25) is 0 Å². The quantitative estimate of drug-likeness (QED) is 0.224. The van der Waals surface area contributed by atoms with Crippen molar-refractivity contribution in [1.29, 1.82) is 0 Å². The smallest absolute Gasteiger partial charge is 0.470 e. The molecule has 2 atom stereocenters. The zero-order valence-electron chi connectivity index (χ0n) is 20.8. The monoisotopic (exact) mass is 592 g/mol. The first-order valence-corrected chi connectivity index (χ1v) is 13.9. The SMILES string of the molecule is CC(C)(OP(=O)(O)O)c1ncc(-c2cc3c(cc2F)nc2n3[C@@H]3C[C@@H]2OC(=S)c2cccc(OC(F)F)c23)cn1. The number of nitrogens with zero attached hydrogens (tertiary/aromatic N) is 4. The molecule has 10 nitrogen and oxygen atoms in total. The average Bonchev–Trinajstić information content (AvgIpc) is 3.33. The number of phosphoric ester groups is 1. The fraction of sp³-hybridized carbons (Fsp3) is 0.280. The highest BCUT2D eigenvalue weighted by molar-refractivity contribution is 7.80. The topological polar surface area (TPSA) is 129 Å². The molecule has 0 spiro atoms. The van der Waals surface area contributed by atoms with Crippen molar-refractivity contribution in [2.75, 3.05) is 0 Å². The van der Waals surface area contributed by atoms with Gasteiger partial charge >= 0.3 is 14.4 Å². The molecule has 2 bridgehead atoms. The molecular weight excluding hydrogens is 572 g/mol. The fourth-order valence-electron chi connectivity index (χ4n) is 5.25. The Morgan fingerprint density at radius 3 is 2.60 bits per heavy atom. The molecule has 0 amide bonds. The van der Waals surface area contributed by atoms with Gasteiger partial charge in [-0.1, -0.05) is 6.07 Å². The number of benzene rings is 2. The molecule has 0 radical (unpaired) electrons. The summed E-state index contributed by atoms with van der Waals surface area (Å²) in [6.07, 6.45) is 2.40. The molecule has 2 aliphatic heterocycles. The van der Waals surface area contributed by atoms with E-state index in [1.165, 1.54) is 38.4 Å². The predicted molar refractivity (Wildman–Crippen MR) is 138 cm³/mol. The minimum absolute atomic E-state index is 0.0207. The van der Waals surface area contributed by atoms with Crippen LogP contribution in [0.4, 0.5) is 13.2 Å². The van der Waals surface area contributed by atoms with Crippen LogP contribution in [0.1, 0.15) is 55.2 Å². The highest BCUT2D eigenvalue weighted by atomic mass is 32.1. The maximum absolute atomic E-state index is 15.3. The normalized spacial score (nSPS) is 18.4. The van der Waals surface area contributed by atoms with Crippen LogP contribution in [0.5, 0.6) is 5.75 Å². The third kappa shape index (κ3) is 4.55. The summed E-state index contributed by atoms with van der Waals surface area (Å²) in [4.78, 5) is 31.2. The Labute approximate surface area is 230 Å². The molecule has 0 saturated carbocycles. The Balaban J connectivity index is 1.46. The van der Waals surface area contributed by atoms with Gasteiger partial charge < -0.3 is 23.8 Å². The van der Waals surface area contributed by atoms with E-state index in [1.807, 2.05) is 4.57 Å². The van der Waals surface area contributed by atoms with Crippen LogP contribution < -0.4 is 4.74 Å². The molecule has 0 fully saturated rings. The summed E-state index contributed by atoms with van der Waals surface area (Å²) in [5.41, 5.74) is 0.617. The van der Waals surface area contributed by atoms with Crippen LogP contribution in [0, 0.1) is 5.82 Å². The summed E-state index contributed by atoms with van der Waals surface area (Å²) in [5.74, 6) is -0.204. The van der Waals surface area contributed by atoms with Crippen molar-refractivity contribution in [1.82, 2.24) is 19.5 Å². The van der Waals surface area contributed by atoms with Gasteiger partial charge in [0.05, 0.1) is 17.1 Å². The maximum Gasteiger partial charge on any atom is 0.470 e. The number of hydrogen-bond donors (Lipinski definition) is 2. The molecule has 2 N–H and O–H groups in total. The molecule has 0 unspecified atom stereocenters. The van der Waals surface area contributed by atoms with Gasteiger partial charge in [0.25, 0.3) is 0 Å². The van der Waals surface area contributed by atoms with Gasteiger partial charge in [-0.15, -0.1) is 0 Å². The van der Waals surface area contributed by atoms with Crippen molar-refractivity contribution in [2.45, 2.75) is 44.6 Å². The lowest BCUT2D eigenvalue weighted by Gasteiger charge is -2.23. The number of thiocarbonyl (C=S) groups is 1. The van der Waals surface area contributed by atoms with E-state index in [-0.39, 0.29) is 27.8 Å². The lowest BCUT2D eigenvalue weighted by atomic mass is 9.97. The second-order valence-electron chi connectivity index (χ2n) is 9.79. The van der Waals surface area contributed by atoms with Crippen molar-refractivity contribution in [3.8, 4) is 16.9 Å². The van der Waals surface area contributed by atoms with Crippen LogP contribution >= 0.6 is 20.0 Å². The zero-order valence-corrected chi connectivity index (χ0v) is 22.5. The second-order valence-corrected chi connectivity index (χ2v) is 11.3. The molecule has 40 heavy (non-hydrogen) atoms. The Morgan fingerprint density at radius 2 is 1.93 bits per heavy atom. The Bertz CT molecular complexity index is 1730. The van der Waals surface area contributed by atoms with Crippen LogP contribution in [-0.2, 0) is 19.4 Å². The lowest BCUT2D eigenvalue weighted by Crippen LogP contribution is -2.23. The van der Waals surface area contributed by atoms with E-state index < -0.39 is 38.0 Å². The molecule has 4 aromatic rings. The minimum atomic E-state index is -4.83. The number of rotatable bonds is 6. The van der Waals surface area contributed by atoms with Crippen molar-refractivity contribution >= 4 is 36.1 Å². The first-order chi connectivity index (χ1) is 18.8. The lowest BCUT2D eigenvalue weighted by molar-refractivity contribution is -0.0507. The van der Waals surface area contributed by atoms with Gasteiger partial charge in [0.1, 0.15) is 17.2 Å². The van der Waals surface area contributed by atoms with Crippen LogP contribution in [0.25, 0.3) is 22.2 Å². The molecular formula is C25H20F3N4O6PS. The average molecular weight is 592 g/mol. The van der Waals surface area contributed by atoms with E-state index in [0.717, 1.165) is 0 Å². The summed E-state index contributed by atoms with van der Waals surface area (Å²) >= 11 is 5.44. The van der Waals surface area contributed by atoms with E-state index in [9.17, 15) is 23.1 Å². The maximum atomic E-state index is 15.3. The van der Waals surface area contributed by atoms with Crippen LogP contribution in [-0.4, -0.2) is 41.0 Å². The summed E-state index contributed by atoms with van der Waals surface area (Å²) in [5, 5.41) is 0.135. The third-order valence-electron chi connectivity index (χ3n) is 6.78. The molecule has 15 heteroatoms. The van der Waals surface area contributed by atoms with Gasteiger partial charge in [-0.2, -0.15) is 8.78 Å². The van der Waals surface area contributed by atoms with Crippen molar-refractivity contribution in [2.24, 2.45) is 0 Å². The fourth-order valence-corrected chi connectivity index (χ4v) is 6.22. The first-order valence-electron chi connectivity index (χ1n) is 11.9.